The maximum Gasteiger partial charge on any atom is 0.266 e. The van der Waals surface area contributed by atoms with E-state index in [0.29, 0.717) is 18.6 Å². The van der Waals surface area contributed by atoms with Gasteiger partial charge in [-0.3, -0.25) is 14.5 Å². The average molecular weight is 313 g/mol. The molecule has 2 fully saturated rings. The van der Waals surface area contributed by atoms with E-state index in [0.717, 1.165) is 44.1 Å². The Labute approximate surface area is 136 Å². The van der Waals surface area contributed by atoms with E-state index in [2.05, 4.69) is 0 Å². The van der Waals surface area contributed by atoms with E-state index in [4.69, 9.17) is 4.74 Å². The van der Waals surface area contributed by atoms with Gasteiger partial charge in [-0.25, -0.2) is 0 Å². The number of hydrogen-bond acceptors (Lipinski definition) is 3. The Morgan fingerprint density at radius 3 is 2.52 bits per heavy atom. The molecule has 1 atom stereocenters. The highest BCUT2D eigenvalue weighted by molar-refractivity contribution is 6.12. The molecule has 0 aromatic heterocycles. The lowest BCUT2D eigenvalue weighted by Gasteiger charge is -2.46. The van der Waals surface area contributed by atoms with E-state index in [-0.39, 0.29) is 17.9 Å². The van der Waals surface area contributed by atoms with Crippen LogP contribution in [0.15, 0.2) is 24.3 Å². The van der Waals surface area contributed by atoms with Crippen LogP contribution in [0.25, 0.3) is 0 Å². The van der Waals surface area contributed by atoms with Gasteiger partial charge in [0.1, 0.15) is 0 Å². The fourth-order valence-electron chi connectivity index (χ4n) is 4.40. The first-order valence-corrected chi connectivity index (χ1v) is 8.85. The summed E-state index contributed by atoms with van der Waals surface area (Å²) in [6, 6.07) is 7.56. The Kier molecular flexibility index (Phi) is 3.72. The van der Waals surface area contributed by atoms with Crippen LogP contribution >= 0.6 is 0 Å². The predicted octanol–water partition coefficient (Wildman–Crippen LogP) is 3.40. The van der Waals surface area contributed by atoms with Gasteiger partial charge in [-0.2, -0.15) is 0 Å². The van der Waals surface area contributed by atoms with Gasteiger partial charge in [-0.05, 0) is 38.2 Å². The number of carbonyl (C=O) groups excluding carboxylic acids is 2. The molecule has 0 radical (unpaired) electrons. The molecule has 1 aromatic rings. The van der Waals surface area contributed by atoms with Crippen molar-refractivity contribution in [2.75, 3.05) is 6.61 Å². The molecule has 2 aliphatic heterocycles. The van der Waals surface area contributed by atoms with Crippen LogP contribution in [-0.2, 0) is 15.1 Å². The molecule has 1 spiro atoms. The van der Waals surface area contributed by atoms with Crippen LogP contribution in [0.4, 0.5) is 0 Å². The van der Waals surface area contributed by atoms with Crippen molar-refractivity contribution in [3.63, 3.8) is 0 Å². The number of ether oxygens (including phenoxy) is 1. The lowest BCUT2D eigenvalue weighted by atomic mass is 9.78. The lowest BCUT2D eigenvalue weighted by Crippen LogP contribution is -2.59. The third kappa shape index (κ3) is 2.23. The molecule has 0 N–H and O–H groups in total. The van der Waals surface area contributed by atoms with Gasteiger partial charge in [-0.15, -0.1) is 0 Å². The number of amides is 2. The van der Waals surface area contributed by atoms with Crippen molar-refractivity contribution in [1.82, 2.24) is 4.90 Å². The van der Waals surface area contributed by atoms with Crippen LogP contribution in [0.2, 0.25) is 0 Å². The Morgan fingerprint density at radius 2 is 1.78 bits per heavy atom. The first kappa shape index (κ1) is 14.9. The van der Waals surface area contributed by atoms with E-state index >= 15 is 0 Å². The van der Waals surface area contributed by atoms with Crippen LogP contribution in [0.5, 0.6) is 0 Å². The van der Waals surface area contributed by atoms with Gasteiger partial charge >= 0.3 is 0 Å². The molecule has 2 amide bonds. The van der Waals surface area contributed by atoms with Crippen molar-refractivity contribution in [2.24, 2.45) is 0 Å². The molecule has 1 unspecified atom stereocenters. The second kappa shape index (κ2) is 5.75. The number of carbonyl (C=O) groups is 2. The zero-order chi connectivity index (χ0) is 15.9. The van der Waals surface area contributed by atoms with Gasteiger partial charge in [0, 0.05) is 23.8 Å². The fourth-order valence-corrected chi connectivity index (χ4v) is 4.40. The summed E-state index contributed by atoms with van der Waals surface area (Å²) in [7, 11) is 0. The van der Waals surface area contributed by atoms with Gasteiger partial charge in [0.2, 0.25) is 0 Å². The highest BCUT2D eigenvalue weighted by Gasteiger charge is 2.53. The van der Waals surface area contributed by atoms with Crippen molar-refractivity contribution in [2.45, 2.75) is 63.0 Å². The van der Waals surface area contributed by atoms with Crippen molar-refractivity contribution < 1.29 is 14.3 Å². The molecule has 1 saturated heterocycles. The topological polar surface area (TPSA) is 46.6 Å². The minimum Gasteiger partial charge on any atom is -0.360 e. The summed E-state index contributed by atoms with van der Waals surface area (Å²) in [6.45, 7) is 0.590. The molecule has 122 valence electrons. The first-order valence-electron chi connectivity index (χ1n) is 8.85. The maximum atomic E-state index is 13.4. The minimum atomic E-state index is -0.930. The Morgan fingerprint density at radius 1 is 1.00 bits per heavy atom. The molecular formula is C19H23NO3. The summed E-state index contributed by atoms with van der Waals surface area (Å²) in [6.07, 6.45) is 7.87. The van der Waals surface area contributed by atoms with Crippen LogP contribution in [0, 0.1) is 0 Å². The van der Waals surface area contributed by atoms with Crippen molar-refractivity contribution in [3.05, 3.63) is 35.4 Å². The molecule has 1 aromatic carbocycles. The number of rotatable bonds is 1. The highest BCUT2D eigenvalue weighted by atomic mass is 16.5. The van der Waals surface area contributed by atoms with Gasteiger partial charge in [0.25, 0.3) is 11.8 Å². The standard InChI is InChI=1S/C19H23NO3/c21-17-15-10-4-5-11-16(15)19(12-6-7-13-23-19)18(22)20(17)14-8-2-1-3-9-14/h4-5,10-11,14H,1-3,6-9,12-13H2. The number of fused-ring (bicyclic) bond motifs is 2. The normalized spacial score (nSPS) is 29.0. The van der Waals surface area contributed by atoms with E-state index in [9.17, 15) is 9.59 Å². The third-order valence-corrected chi connectivity index (χ3v) is 5.59. The summed E-state index contributed by atoms with van der Waals surface area (Å²) < 4.78 is 6.07. The van der Waals surface area contributed by atoms with Crippen molar-refractivity contribution in [1.29, 1.82) is 0 Å². The Hall–Kier alpha value is -1.68. The van der Waals surface area contributed by atoms with Crippen LogP contribution in [0.3, 0.4) is 0 Å². The van der Waals surface area contributed by atoms with Gasteiger partial charge in [0.15, 0.2) is 5.60 Å². The highest BCUT2D eigenvalue weighted by Crippen LogP contribution is 2.43. The quantitative estimate of drug-likeness (QED) is 0.747. The van der Waals surface area contributed by atoms with Gasteiger partial charge in [-0.1, -0.05) is 37.5 Å². The summed E-state index contributed by atoms with van der Waals surface area (Å²) in [5.41, 5.74) is 0.501. The number of benzene rings is 1. The molecule has 4 nitrogen and oxygen atoms in total. The molecule has 4 rings (SSSR count). The molecule has 1 aliphatic carbocycles. The summed E-state index contributed by atoms with van der Waals surface area (Å²) in [5, 5.41) is 0. The second-order valence-electron chi connectivity index (χ2n) is 6.95. The number of hydrogen-bond donors (Lipinski definition) is 0. The monoisotopic (exact) mass is 313 g/mol. The van der Waals surface area contributed by atoms with Crippen LogP contribution in [0.1, 0.15) is 67.3 Å². The minimum absolute atomic E-state index is 0.0412. The molecular weight excluding hydrogens is 290 g/mol. The number of imide groups is 1. The zero-order valence-electron chi connectivity index (χ0n) is 13.4. The molecule has 23 heavy (non-hydrogen) atoms. The van der Waals surface area contributed by atoms with Gasteiger partial charge < -0.3 is 4.74 Å². The lowest BCUT2D eigenvalue weighted by molar-refractivity contribution is -0.168. The second-order valence-corrected chi connectivity index (χ2v) is 6.95. The summed E-state index contributed by atoms with van der Waals surface area (Å²) in [5.74, 6) is -0.245. The molecule has 3 aliphatic rings. The van der Waals surface area contributed by atoms with Crippen LogP contribution < -0.4 is 0 Å². The van der Waals surface area contributed by atoms with E-state index in [1.165, 1.54) is 6.42 Å². The average Bonchev–Trinajstić information content (AvgIpc) is 2.62. The first-order chi connectivity index (χ1) is 11.2. The zero-order valence-corrected chi connectivity index (χ0v) is 13.4. The number of nitrogens with zero attached hydrogens (tertiary/aromatic N) is 1. The maximum absolute atomic E-state index is 13.4. The van der Waals surface area contributed by atoms with E-state index in [1.807, 2.05) is 24.3 Å². The fraction of sp³-hybridized carbons (Fsp3) is 0.579. The van der Waals surface area contributed by atoms with Gasteiger partial charge in [0.05, 0.1) is 0 Å². The molecule has 0 bridgehead atoms. The third-order valence-electron chi connectivity index (χ3n) is 5.59. The van der Waals surface area contributed by atoms with E-state index in [1.54, 1.807) is 4.90 Å². The smallest absolute Gasteiger partial charge is 0.266 e. The molecule has 1 saturated carbocycles. The largest absolute Gasteiger partial charge is 0.360 e. The Balaban J connectivity index is 1.81. The van der Waals surface area contributed by atoms with Crippen molar-refractivity contribution in [3.8, 4) is 0 Å². The summed E-state index contributed by atoms with van der Waals surface area (Å²) in [4.78, 5) is 27.9. The SMILES string of the molecule is O=C1c2ccccc2C2(CCCCO2)C(=O)N1C1CCCCC1. The Bertz CT molecular complexity index is 627. The molecule has 2 heterocycles. The van der Waals surface area contributed by atoms with Crippen LogP contribution in [-0.4, -0.2) is 29.4 Å². The van der Waals surface area contributed by atoms with E-state index < -0.39 is 5.60 Å². The predicted molar refractivity (Wildman–Crippen MR) is 86.0 cm³/mol. The van der Waals surface area contributed by atoms with Crippen molar-refractivity contribution >= 4 is 11.8 Å². The summed E-state index contributed by atoms with van der Waals surface area (Å²) >= 11 is 0. The molecule has 4 heteroatoms.